The van der Waals surface area contributed by atoms with Crippen LogP contribution in [0.5, 0.6) is 0 Å². The summed E-state index contributed by atoms with van der Waals surface area (Å²) in [6, 6.07) is 10.2. The standard InChI is InChI=1S/C12H17N5/c1-14-12-16-15-11(7-8-13)17(12)9-10-5-3-2-4-6-10/h2-6H,7-9,13H2,1H3,(H,14,16). The van der Waals surface area contributed by atoms with Gasteiger partial charge in [-0.3, -0.25) is 4.57 Å². The Bertz CT molecular complexity index is 463. The van der Waals surface area contributed by atoms with Gasteiger partial charge in [-0.15, -0.1) is 10.2 Å². The van der Waals surface area contributed by atoms with Crippen molar-refractivity contribution in [3.63, 3.8) is 0 Å². The average Bonchev–Trinajstić information content (AvgIpc) is 2.74. The van der Waals surface area contributed by atoms with Gasteiger partial charge >= 0.3 is 0 Å². The SMILES string of the molecule is CNc1nnc(CCN)n1Cc1ccccc1. The summed E-state index contributed by atoms with van der Waals surface area (Å²) in [5.41, 5.74) is 6.80. The second kappa shape index (κ2) is 5.45. The van der Waals surface area contributed by atoms with Crippen molar-refractivity contribution in [2.45, 2.75) is 13.0 Å². The molecule has 0 saturated carbocycles. The molecule has 5 nitrogen and oxygen atoms in total. The lowest BCUT2D eigenvalue weighted by Gasteiger charge is -2.09. The predicted molar refractivity (Wildman–Crippen MR) is 67.9 cm³/mol. The minimum atomic E-state index is 0.580. The maximum absolute atomic E-state index is 5.57. The fraction of sp³-hybridized carbons (Fsp3) is 0.333. The van der Waals surface area contributed by atoms with Crippen molar-refractivity contribution in [2.75, 3.05) is 18.9 Å². The number of benzene rings is 1. The number of nitrogens with zero attached hydrogens (tertiary/aromatic N) is 3. The Hall–Kier alpha value is -1.88. The Morgan fingerprint density at radius 1 is 1.24 bits per heavy atom. The third-order valence-electron chi connectivity index (χ3n) is 2.60. The van der Waals surface area contributed by atoms with E-state index in [1.54, 1.807) is 0 Å². The molecular formula is C12H17N5. The molecule has 1 heterocycles. The maximum atomic E-state index is 5.57. The third-order valence-corrected chi connectivity index (χ3v) is 2.60. The lowest BCUT2D eigenvalue weighted by Crippen LogP contribution is -2.12. The van der Waals surface area contributed by atoms with Gasteiger partial charge in [0.25, 0.3) is 0 Å². The molecule has 0 aliphatic carbocycles. The van der Waals surface area contributed by atoms with E-state index in [0.29, 0.717) is 6.54 Å². The zero-order chi connectivity index (χ0) is 12.1. The molecule has 0 spiro atoms. The normalized spacial score (nSPS) is 10.5. The van der Waals surface area contributed by atoms with Crippen LogP contribution in [0.25, 0.3) is 0 Å². The van der Waals surface area contributed by atoms with Crippen LogP contribution in [0.3, 0.4) is 0 Å². The molecule has 2 aromatic rings. The van der Waals surface area contributed by atoms with Gasteiger partial charge in [-0.1, -0.05) is 30.3 Å². The zero-order valence-corrected chi connectivity index (χ0v) is 9.93. The van der Waals surface area contributed by atoms with Crippen LogP contribution < -0.4 is 11.1 Å². The van der Waals surface area contributed by atoms with Gasteiger partial charge in [0, 0.05) is 13.5 Å². The van der Waals surface area contributed by atoms with E-state index in [2.05, 4.69) is 32.2 Å². The predicted octanol–water partition coefficient (Wildman–Crippen LogP) is 0.869. The maximum Gasteiger partial charge on any atom is 0.224 e. The van der Waals surface area contributed by atoms with Gasteiger partial charge in [0.1, 0.15) is 5.82 Å². The first kappa shape index (κ1) is 11.6. The van der Waals surface area contributed by atoms with E-state index >= 15 is 0 Å². The summed E-state index contributed by atoms with van der Waals surface area (Å²) >= 11 is 0. The van der Waals surface area contributed by atoms with Crippen LogP contribution in [-0.2, 0) is 13.0 Å². The van der Waals surface area contributed by atoms with Crippen LogP contribution in [0.2, 0.25) is 0 Å². The van der Waals surface area contributed by atoms with Gasteiger partial charge in [-0.2, -0.15) is 0 Å². The van der Waals surface area contributed by atoms with Gasteiger partial charge in [-0.25, -0.2) is 0 Å². The quantitative estimate of drug-likeness (QED) is 0.801. The molecule has 0 fully saturated rings. The first-order valence-corrected chi connectivity index (χ1v) is 5.69. The van der Waals surface area contributed by atoms with E-state index in [9.17, 15) is 0 Å². The largest absolute Gasteiger partial charge is 0.357 e. The number of rotatable bonds is 5. The Balaban J connectivity index is 2.26. The summed E-state index contributed by atoms with van der Waals surface area (Å²) in [5, 5.41) is 11.3. The molecule has 0 radical (unpaired) electrons. The lowest BCUT2D eigenvalue weighted by molar-refractivity contribution is 0.721. The van der Waals surface area contributed by atoms with E-state index in [1.807, 2.05) is 25.2 Å². The van der Waals surface area contributed by atoms with Gasteiger partial charge in [0.05, 0.1) is 6.54 Å². The van der Waals surface area contributed by atoms with Crippen LogP contribution in [0, 0.1) is 0 Å². The summed E-state index contributed by atoms with van der Waals surface area (Å²) in [6.45, 7) is 1.34. The van der Waals surface area contributed by atoms with E-state index < -0.39 is 0 Å². The lowest BCUT2D eigenvalue weighted by atomic mass is 10.2. The monoisotopic (exact) mass is 231 g/mol. The summed E-state index contributed by atoms with van der Waals surface area (Å²) < 4.78 is 2.06. The molecule has 0 amide bonds. The molecule has 90 valence electrons. The smallest absolute Gasteiger partial charge is 0.224 e. The van der Waals surface area contributed by atoms with Crippen LogP contribution in [-0.4, -0.2) is 28.4 Å². The molecule has 0 bridgehead atoms. The van der Waals surface area contributed by atoms with Gasteiger partial charge in [-0.05, 0) is 12.1 Å². The third kappa shape index (κ3) is 2.62. The minimum Gasteiger partial charge on any atom is -0.357 e. The topological polar surface area (TPSA) is 68.8 Å². The first-order valence-electron chi connectivity index (χ1n) is 5.69. The Morgan fingerprint density at radius 2 is 2.00 bits per heavy atom. The molecule has 0 aliphatic heterocycles. The summed E-state index contributed by atoms with van der Waals surface area (Å²) in [4.78, 5) is 0. The second-order valence-electron chi connectivity index (χ2n) is 3.80. The molecule has 0 saturated heterocycles. The molecule has 0 unspecified atom stereocenters. The summed E-state index contributed by atoms with van der Waals surface area (Å²) in [5.74, 6) is 1.69. The molecule has 17 heavy (non-hydrogen) atoms. The average molecular weight is 231 g/mol. The Morgan fingerprint density at radius 3 is 2.65 bits per heavy atom. The molecule has 5 heteroatoms. The number of aromatic nitrogens is 3. The zero-order valence-electron chi connectivity index (χ0n) is 9.93. The van der Waals surface area contributed by atoms with Crippen molar-refractivity contribution in [3.8, 4) is 0 Å². The number of nitrogens with two attached hydrogens (primary N) is 1. The number of hydrogen-bond acceptors (Lipinski definition) is 4. The van der Waals surface area contributed by atoms with Crippen LogP contribution >= 0.6 is 0 Å². The highest BCUT2D eigenvalue weighted by Crippen LogP contribution is 2.11. The van der Waals surface area contributed by atoms with E-state index in [0.717, 1.165) is 24.7 Å². The Kier molecular flexibility index (Phi) is 3.72. The van der Waals surface area contributed by atoms with Crippen molar-refractivity contribution >= 4 is 5.95 Å². The van der Waals surface area contributed by atoms with Gasteiger partial charge in [0.2, 0.25) is 5.95 Å². The number of nitrogens with one attached hydrogen (secondary N) is 1. The van der Waals surface area contributed by atoms with E-state index in [4.69, 9.17) is 5.73 Å². The highest BCUT2D eigenvalue weighted by atomic mass is 15.3. The van der Waals surface area contributed by atoms with E-state index in [1.165, 1.54) is 5.56 Å². The second-order valence-corrected chi connectivity index (χ2v) is 3.80. The van der Waals surface area contributed by atoms with Crippen LogP contribution in [0.4, 0.5) is 5.95 Å². The molecule has 2 rings (SSSR count). The van der Waals surface area contributed by atoms with E-state index in [-0.39, 0.29) is 0 Å². The molecule has 1 aromatic heterocycles. The van der Waals surface area contributed by atoms with Crippen LogP contribution in [0.1, 0.15) is 11.4 Å². The molecule has 0 aliphatic rings. The fourth-order valence-corrected chi connectivity index (χ4v) is 1.77. The van der Waals surface area contributed by atoms with Crippen molar-refractivity contribution in [3.05, 3.63) is 41.7 Å². The minimum absolute atomic E-state index is 0.580. The number of hydrogen-bond donors (Lipinski definition) is 2. The Labute approximate surface area is 101 Å². The molecule has 1 aromatic carbocycles. The number of anilines is 1. The highest BCUT2D eigenvalue weighted by Gasteiger charge is 2.10. The van der Waals surface area contributed by atoms with Crippen LogP contribution in [0.15, 0.2) is 30.3 Å². The summed E-state index contributed by atoms with van der Waals surface area (Å²) in [7, 11) is 1.84. The van der Waals surface area contributed by atoms with Crippen molar-refractivity contribution in [2.24, 2.45) is 5.73 Å². The summed E-state index contributed by atoms with van der Waals surface area (Å²) in [6.07, 6.45) is 0.738. The van der Waals surface area contributed by atoms with Crippen molar-refractivity contribution in [1.29, 1.82) is 0 Å². The molecule has 0 atom stereocenters. The van der Waals surface area contributed by atoms with Crippen molar-refractivity contribution < 1.29 is 0 Å². The fourth-order valence-electron chi connectivity index (χ4n) is 1.77. The molecule has 3 N–H and O–H groups in total. The van der Waals surface area contributed by atoms with Gasteiger partial charge < -0.3 is 11.1 Å². The van der Waals surface area contributed by atoms with Gasteiger partial charge in [0.15, 0.2) is 0 Å². The first-order chi connectivity index (χ1) is 8.35. The van der Waals surface area contributed by atoms with Crippen molar-refractivity contribution in [1.82, 2.24) is 14.8 Å². The highest BCUT2D eigenvalue weighted by molar-refractivity contribution is 5.27. The molecular weight excluding hydrogens is 214 g/mol.